The first-order valence-electron chi connectivity index (χ1n) is 6.90. The Morgan fingerprint density at radius 1 is 1.38 bits per heavy atom. The van der Waals surface area contributed by atoms with Gasteiger partial charge >= 0.3 is 0 Å². The number of carbonyl (C=O) groups excluding carboxylic acids is 1. The first-order chi connectivity index (χ1) is 10.2. The topological polar surface area (TPSA) is 94.7 Å². The molecule has 8 nitrogen and oxygen atoms in total. The number of hydrogen-bond acceptors (Lipinski definition) is 5. The molecule has 8 heteroatoms. The third-order valence-electron chi connectivity index (χ3n) is 2.91. The summed E-state index contributed by atoms with van der Waals surface area (Å²) in [5, 5.41) is 10.9. The molecule has 0 aliphatic carbocycles. The number of amides is 1. The maximum absolute atomic E-state index is 11.7. The fourth-order valence-corrected chi connectivity index (χ4v) is 1.77. The molecule has 2 heterocycles. The van der Waals surface area contributed by atoms with E-state index in [0.29, 0.717) is 25.3 Å². The highest BCUT2D eigenvalue weighted by atomic mass is 16.1. The number of hydrogen-bond donors (Lipinski definition) is 1. The highest BCUT2D eigenvalue weighted by Gasteiger charge is 2.04. The van der Waals surface area contributed by atoms with E-state index in [4.69, 9.17) is 0 Å². The van der Waals surface area contributed by atoms with E-state index in [2.05, 4.69) is 20.5 Å². The summed E-state index contributed by atoms with van der Waals surface area (Å²) in [6.45, 7) is 2.72. The van der Waals surface area contributed by atoms with Crippen LogP contribution in [0.25, 0.3) is 5.82 Å². The third-order valence-corrected chi connectivity index (χ3v) is 2.91. The summed E-state index contributed by atoms with van der Waals surface area (Å²) < 4.78 is 2.77. The van der Waals surface area contributed by atoms with Crippen molar-refractivity contribution in [2.75, 3.05) is 6.54 Å². The van der Waals surface area contributed by atoms with Crippen molar-refractivity contribution in [2.24, 2.45) is 0 Å². The molecule has 21 heavy (non-hydrogen) atoms. The van der Waals surface area contributed by atoms with Gasteiger partial charge in [0.1, 0.15) is 12.7 Å². The van der Waals surface area contributed by atoms with Crippen LogP contribution in [0.5, 0.6) is 0 Å². The Morgan fingerprint density at radius 2 is 2.24 bits per heavy atom. The van der Waals surface area contributed by atoms with Gasteiger partial charge in [0.25, 0.3) is 5.56 Å². The Bertz CT molecular complexity index is 634. The summed E-state index contributed by atoms with van der Waals surface area (Å²) in [5.41, 5.74) is -0.221. The average molecular weight is 290 g/mol. The highest BCUT2D eigenvalue weighted by Crippen LogP contribution is 1.96. The van der Waals surface area contributed by atoms with Crippen LogP contribution in [0.1, 0.15) is 26.2 Å². The van der Waals surface area contributed by atoms with Gasteiger partial charge in [0.05, 0.1) is 6.54 Å². The van der Waals surface area contributed by atoms with Crippen molar-refractivity contribution >= 4 is 5.91 Å². The Kier molecular flexibility index (Phi) is 5.19. The largest absolute Gasteiger partial charge is 0.354 e. The van der Waals surface area contributed by atoms with Gasteiger partial charge in [0.15, 0.2) is 5.82 Å². The van der Waals surface area contributed by atoms with Crippen molar-refractivity contribution < 1.29 is 4.79 Å². The molecular weight excluding hydrogens is 272 g/mol. The number of unbranched alkanes of at least 4 members (excludes halogenated alkanes) is 1. The fourth-order valence-electron chi connectivity index (χ4n) is 1.77. The molecule has 0 aliphatic heterocycles. The van der Waals surface area contributed by atoms with Crippen molar-refractivity contribution in [3.8, 4) is 5.82 Å². The summed E-state index contributed by atoms with van der Waals surface area (Å²) in [5.74, 6) is 0.502. The Morgan fingerprint density at radius 3 is 2.95 bits per heavy atom. The van der Waals surface area contributed by atoms with Gasteiger partial charge in [-0.3, -0.25) is 9.59 Å². The van der Waals surface area contributed by atoms with Crippen molar-refractivity contribution in [3.63, 3.8) is 0 Å². The van der Waals surface area contributed by atoms with Crippen molar-refractivity contribution in [1.29, 1.82) is 0 Å². The monoisotopic (exact) mass is 290 g/mol. The van der Waals surface area contributed by atoms with Crippen LogP contribution in [0.2, 0.25) is 0 Å². The second kappa shape index (κ2) is 7.32. The van der Waals surface area contributed by atoms with E-state index in [9.17, 15) is 9.59 Å². The first kappa shape index (κ1) is 14.9. The van der Waals surface area contributed by atoms with Crippen LogP contribution < -0.4 is 10.9 Å². The number of aromatic nitrogens is 5. The zero-order valence-electron chi connectivity index (χ0n) is 11.9. The minimum Gasteiger partial charge on any atom is -0.354 e. The van der Waals surface area contributed by atoms with E-state index >= 15 is 0 Å². The molecule has 0 aliphatic rings. The lowest BCUT2D eigenvalue weighted by Gasteiger charge is -2.08. The number of carbonyl (C=O) groups is 1. The molecular formula is C13H18N6O2. The molecule has 112 valence electrons. The summed E-state index contributed by atoms with van der Waals surface area (Å²) in [7, 11) is 0. The SMILES string of the molecule is CCCCC(=O)NCCn1nc(-n2cncn2)ccc1=O. The number of nitrogens with zero attached hydrogens (tertiary/aromatic N) is 5. The van der Waals surface area contributed by atoms with Gasteiger partial charge in [-0.25, -0.2) is 14.3 Å². The first-order valence-corrected chi connectivity index (χ1v) is 6.90. The van der Waals surface area contributed by atoms with Gasteiger partial charge in [-0.05, 0) is 12.5 Å². The van der Waals surface area contributed by atoms with Gasteiger partial charge in [0.2, 0.25) is 5.91 Å². The zero-order valence-corrected chi connectivity index (χ0v) is 11.9. The van der Waals surface area contributed by atoms with E-state index in [1.165, 1.54) is 28.1 Å². The molecule has 1 amide bonds. The summed E-state index contributed by atoms with van der Waals surface area (Å²) in [6.07, 6.45) is 5.26. The quantitative estimate of drug-likeness (QED) is 0.782. The summed E-state index contributed by atoms with van der Waals surface area (Å²) in [4.78, 5) is 27.1. The lowest BCUT2D eigenvalue weighted by atomic mass is 10.2. The van der Waals surface area contributed by atoms with Crippen LogP contribution in [-0.4, -0.2) is 37.0 Å². The second-order valence-electron chi connectivity index (χ2n) is 4.55. The minimum absolute atomic E-state index is 0.00247. The van der Waals surface area contributed by atoms with Crippen LogP contribution in [0.3, 0.4) is 0 Å². The van der Waals surface area contributed by atoms with Crippen molar-refractivity contribution in [3.05, 3.63) is 35.1 Å². The van der Waals surface area contributed by atoms with Gasteiger partial charge in [-0.15, -0.1) is 5.10 Å². The lowest BCUT2D eigenvalue weighted by molar-refractivity contribution is -0.121. The third kappa shape index (κ3) is 4.23. The van der Waals surface area contributed by atoms with E-state index in [-0.39, 0.29) is 11.5 Å². The predicted molar refractivity (Wildman–Crippen MR) is 75.9 cm³/mol. The van der Waals surface area contributed by atoms with Crippen LogP contribution in [-0.2, 0) is 11.3 Å². The van der Waals surface area contributed by atoms with Crippen LogP contribution in [0, 0.1) is 0 Å². The van der Waals surface area contributed by atoms with E-state index in [0.717, 1.165) is 12.8 Å². The molecule has 0 bridgehead atoms. The van der Waals surface area contributed by atoms with Crippen LogP contribution in [0.4, 0.5) is 0 Å². The summed E-state index contributed by atoms with van der Waals surface area (Å²) >= 11 is 0. The normalized spacial score (nSPS) is 10.5. The van der Waals surface area contributed by atoms with Gasteiger partial charge in [-0.2, -0.15) is 5.10 Å². The van der Waals surface area contributed by atoms with Crippen LogP contribution >= 0.6 is 0 Å². The smallest absolute Gasteiger partial charge is 0.266 e. The molecule has 0 saturated carbocycles. The minimum atomic E-state index is -0.221. The molecule has 0 saturated heterocycles. The predicted octanol–water partition coefficient (Wildman–Crippen LogP) is 0.130. The molecule has 0 fully saturated rings. The summed E-state index contributed by atoms with van der Waals surface area (Å²) in [6, 6.07) is 3.00. The number of rotatable bonds is 7. The van der Waals surface area contributed by atoms with Crippen LogP contribution in [0.15, 0.2) is 29.6 Å². The van der Waals surface area contributed by atoms with E-state index in [1.54, 1.807) is 6.07 Å². The lowest BCUT2D eigenvalue weighted by Crippen LogP contribution is -2.32. The Hall–Kier alpha value is -2.51. The molecule has 0 aromatic carbocycles. The Labute approximate surface area is 121 Å². The van der Waals surface area contributed by atoms with E-state index < -0.39 is 0 Å². The highest BCUT2D eigenvalue weighted by molar-refractivity contribution is 5.75. The maximum atomic E-state index is 11.7. The average Bonchev–Trinajstić information content (AvgIpc) is 3.01. The number of nitrogens with one attached hydrogen (secondary N) is 1. The molecule has 2 aromatic heterocycles. The van der Waals surface area contributed by atoms with E-state index in [1.807, 2.05) is 6.92 Å². The van der Waals surface area contributed by atoms with Crippen molar-refractivity contribution in [2.45, 2.75) is 32.7 Å². The molecule has 2 rings (SSSR count). The maximum Gasteiger partial charge on any atom is 0.266 e. The van der Waals surface area contributed by atoms with Crippen molar-refractivity contribution in [1.82, 2.24) is 29.9 Å². The second-order valence-corrected chi connectivity index (χ2v) is 4.55. The fraction of sp³-hybridized carbons (Fsp3) is 0.462. The van der Waals surface area contributed by atoms with Gasteiger partial charge in [-0.1, -0.05) is 13.3 Å². The Balaban J connectivity index is 1.95. The zero-order chi connectivity index (χ0) is 15.1. The molecule has 2 aromatic rings. The molecule has 0 unspecified atom stereocenters. The molecule has 0 radical (unpaired) electrons. The van der Waals surface area contributed by atoms with Gasteiger partial charge in [0, 0.05) is 19.0 Å². The molecule has 0 atom stereocenters. The standard InChI is InChI=1S/C13H18N6O2/c1-2-3-4-12(20)15-7-8-18-13(21)6-5-11(17-18)19-10-14-9-16-19/h5-6,9-10H,2-4,7-8H2,1H3,(H,15,20). The molecule has 0 spiro atoms. The van der Waals surface area contributed by atoms with Gasteiger partial charge < -0.3 is 5.32 Å². The molecule has 1 N–H and O–H groups in total.